The first-order valence-electron chi connectivity index (χ1n) is 3.90. The minimum absolute atomic E-state index is 0.399. The minimum Gasteiger partial charge on any atom is -0.441 e. The van der Waals surface area contributed by atoms with Gasteiger partial charge in [0.05, 0.1) is 5.56 Å². The van der Waals surface area contributed by atoms with Gasteiger partial charge in [-0.1, -0.05) is 0 Å². The van der Waals surface area contributed by atoms with Gasteiger partial charge >= 0.3 is 0 Å². The quantitative estimate of drug-likeness (QED) is 0.715. The summed E-state index contributed by atoms with van der Waals surface area (Å²) in [5.74, 6) is 1.83. The van der Waals surface area contributed by atoms with Crippen LogP contribution >= 0.6 is 0 Å². The van der Waals surface area contributed by atoms with E-state index in [2.05, 4.69) is 9.97 Å². The van der Waals surface area contributed by atoms with E-state index in [1.54, 1.807) is 24.5 Å². The van der Waals surface area contributed by atoms with Gasteiger partial charge in [0.15, 0.2) is 5.88 Å². The number of hydrogen-bond acceptors (Lipinski definition) is 4. The lowest BCUT2D eigenvalue weighted by molar-refractivity contribution is 0.602. The molecular formula is C9H9N3O. The van der Waals surface area contributed by atoms with Crippen molar-refractivity contribution < 1.29 is 4.42 Å². The molecule has 2 aromatic rings. The van der Waals surface area contributed by atoms with Crippen LogP contribution in [0.5, 0.6) is 0 Å². The number of anilines is 1. The van der Waals surface area contributed by atoms with Crippen molar-refractivity contribution in [2.75, 3.05) is 5.73 Å². The molecule has 2 aromatic heterocycles. The van der Waals surface area contributed by atoms with Gasteiger partial charge in [0.2, 0.25) is 0 Å². The molecule has 0 aliphatic rings. The van der Waals surface area contributed by atoms with Crippen molar-refractivity contribution in [3.05, 3.63) is 30.4 Å². The topological polar surface area (TPSA) is 64.9 Å². The number of furan rings is 1. The van der Waals surface area contributed by atoms with E-state index in [0.717, 1.165) is 11.4 Å². The highest BCUT2D eigenvalue weighted by Crippen LogP contribution is 2.21. The molecule has 0 radical (unpaired) electrons. The van der Waals surface area contributed by atoms with Crippen molar-refractivity contribution in [1.29, 1.82) is 0 Å². The van der Waals surface area contributed by atoms with Crippen LogP contribution in [0.1, 0.15) is 5.82 Å². The Hall–Kier alpha value is -1.84. The van der Waals surface area contributed by atoms with Gasteiger partial charge in [0, 0.05) is 18.5 Å². The normalized spacial score (nSPS) is 10.2. The van der Waals surface area contributed by atoms with E-state index >= 15 is 0 Å². The number of nitrogens with zero attached hydrogens (tertiary/aromatic N) is 2. The number of nitrogens with two attached hydrogens (primary N) is 1. The van der Waals surface area contributed by atoms with Gasteiger partial charge in [-0.05, 0) is 13.0 Å². The average Bonchev–Trinajstić information content (AvgIpc) is 2.53. The summed E-state index contributed by atoms with van der Waals surface area (Å²) in [6, 6.07) is 3.50. The third-order valence-electron chi connectivity index (χ3n) is 1.69. The van der Waals surface area contributed by atoms with Crippen LogP contribution in [0.15, 0.2) is 28.9 Å². The summed E-state index contributed by atoms with van der Waals surface area (Å²) >= 11 is 0. The molecule has 2 rings (SSSR count). The smallest absolute Gasteiger partial charge is 0.190 e. The Labute approximate surface area is 75.4 Å². The van der Waals surface area contributed by atoms with Gasteiger partial charge < -0.3 is 10.2 Å². The third kappa shape index (κ3) is 1.51. The second kappa shape index (κ2) is 2.90. The lowest BCUT2D eigenvalue weighted by Crippen LogP contribution is -1.86. The summed E-state index contributed by atoms with van der Waals surface area (Å²) in [5, 5.41) is 0. The fourth-order valence-electron chi connectivity index (χ4n) is 1.03. The van der Waals surface area contributed by atoms with E-state index in [1.165, 1.54) is 0 Å². The fraction of sp³-hybridized carbons (Fsp3) is 0.111. The molecule has 4 nitrogen and oxygen atoms in total. The Morgan fingerprint density at radius 3 is 2.46 bits per heavy atom. The van der Waals surface area contributed by atoms with Crippen molar-refractivity contribution >= 4 is 5.88 Å². The Balaban J connectivity index is 2.41. The van der Waals surface area contributed by atoms with Crippen LogP contribution in [-0.4, -0.2) is 9.97 Å². The van der Waals surface area contributed by atoms with Crippen molar-refractivity contribution in [3.8, 4) is 11.3 Å². The van der Waals surface area contributed by atoms with Crippen LogP contribution in [0, 0.1) is 6.92 Å². The molecule has 0 aliphatic heterocycles. The Morgan fingerprint density at radius 1 is 1.23 bits per heavy atom. The summed E-state index contributed by atoms with van der Waals surface area (Å²) < 4.78 is 5.21. The number of aryl methyl sites for hydroxylation is 1. The molecule has 4 heteroatoms. The van der Waals surface area contributed by atoms with Crippen molar-refractivity contribution in [1.82, 2.24) is 9.97 Å². The molecule has 0 saturated carbocycles. The van der Waals surface area contributed by atoms with Gasteiger partial charge in [0.25, 0.3) is 0 Å². The van der Waals surface area contributed by atoms with Gasteiger partial charge in [-0.2, -0.15) is 0 Å². The maximum Gasteiger partial charge on any atom is 0.190 e. The second-order valence-corrected chi connectivity index (χ2v) is 2.72. The second-order valence-electron chi connectivity index (χ2n) is 2.72. The summed E-state index contributed by atoms with van der Waals surface area (Å²) in [7, 11) is 0. The number of rotatable bonds is 1. The monoisotopic (exact) mass is 175 g/mol. The molecule has 0 saturated heterocycles. The molecule has 0 fully saturated rings. The van der Waals surface area contributed by atoms with Gasteiger partial charge in [-0.25, -0.2) is 9.97 Å². The Morgan fingerprint density at radius 2 is 1.92 bits per heavy atom. The summed E-state index contributed by atoms with van der Waals surface area (Å²) in [5.41, 5.74) is 6.27. The van der Waals surface area contributed by atoms with Gasteiger partial charge in [0.1, 0.15) is 11.6 Å². The SMILES string of the molecule is Cc1ncc(-c2ccc(N)o2)cn1. The van der Waals surface area contributed by atoms with Gasteiger partial charge in [-0.15, -0.1) is 0 Å². The molecule has 0 atom stereocenters. The van der Waals surface area contributed by atoms with E-state index < -0.39 is 0 Å². The predicted molar refractivity (Wildman–Crippen MR) is 48.9 cm³/mol. The Bertz CT molecular complexity index is 405. The molecule has 0 amide bonds. The molecular weight excluding hydrogens is 166 g/mol. The largest absolute Gasteiger partial charge is 0.441 e. The molecule has 0 aromatic carbocycles. The zero-order valence-electron chi connectivity index (χ0n) is 7.19. The lowest BCUT2D eigenvalue weighted by Gasteiger charge is -1.95. The van der Waals surface area contributed by atoms with Crippen LogP contribution < -0.4 is 5.73 Å². The lowest BCUT2D eigenvalue weighted by atomic mass is 10.3. The summed E-state index contributed by atoms with van der Waals surface area (Å²) in [4.78, 5) is 8.11. The highest BCUT2D eigenvalue weighted by Gasteiger charge is 2.02. The van der Waals surface area contributed by atoms with Crippen LogP contribution in [0.3, 0.4) is 0 Å². The van der Waals surface area contributed by atoms with Crippen molar-refractivity contribution in [2.45, 2.75) is 6.92 Å². The molecule has 2 heterocycles. The van der Waals surface area contributed by atoms with E-state index in [4.69, 9.17) is 10.2 Å². The molecule has 0 unspecified atom stereocenters. The molecule has 2 N–H and O–H groups in total. The van der Waals surface area contributed by atoms with Gasteiger partial charge in [-0.3, -0.25) is 0 Å². The van der Waals surface area contributed by atoms with E-state index in [-0.39, 0.29) is 0 Å². The molecule has 0 spiro atoms. The minimum atomic E-state index is 0.399. The molecule has 66 valence electrons. The van der Waals surface area contributed by atoms with Crippen molar-refractivity contribution in [3.63, 3.8) is 0 Å². The fourth-order valence-corrected chi connectivity index (χ4v) is 1.03. The number of aromatic nitrogens is 2. The highest BCUT2D eigenvalue weighted by atomic mass is 16.3. The van der Waals surface area contributed by atoms with E-state index in [9.17, 15) is 0 Å². The van der Waals surface area contributed by atoms with Crippen LogP contribution in [0.2, 0.25) is 0 Å². The average molecular weight is 175 g/mol. The maximum absolute atomic E-state index is 5.44. The third-order valence-corrected chi connectivity index (χ3v) is 1.69. The Kier molecular flexibility index (Phi) is 1.73. The summed E-state index contributed by atoms with van der Waals surface area (Å²) in [6.45, 7) is 1.83. The van der Waals surface area contributed by atoms with Crippen LogP contribution in [0.25, 0.3) is 11.3 Å². The first-order chi connectivity index (χ1) is 6.25. The standard InChI is InChI=1S/C9H9N3O/c1-6-11-4-7(5-12-6)8-2-3-9(10)13-8/h2-5H,10H2,1H3. The van der Waals surface area contributed by atoms with E-state index in [1.807, 2.05) is 6.92 Å². The summed E-state index contributed by atoms with van der Waals surface area (Å²) in [6.07, 6.45) is 3.42. The van der Waals surface area contributed by atoms with E-state index in [0.29, 0.717) is 11.6 Å². The zero-order chi connectivity index (χ0) is 9.26. The highest BCUT2D eigenvalue weighted by molar-refractivity contribution is 5.56. The predicted octanol–water partition coefficient (Wildman–Crippen LogP) is 1.63. The molecule has 0 bridgehead atoms. The van der Waals surface area contributed by atoms with Crippen molar-refractivity contribution in [2.24, 2.45) is 0 Å². The maximum atomic E-state index is 5.44. The van der Waals surface area contributed by atoms with Crippen LogP contribution in [0.4, 0.5) is 5.88 Å². The molecule has 0 aliphatic carbocycles. The number of hydrogen-bond donors (Lipinski definition) is 1. The first-order valence-corrected chi connectivity index (χ1v) is 3.90. The first kappa shape index (κ1) is 7.79. The zero-order valence-corrected chi connectivity index (χ0v) is 7.19. The number of nitrogen functional groups attached to an aromatic ring is 1. The van der Waals surface area contributed by atoms with Crippen LogP contribution in [-0.2, 0) is 0 Å². The molecule has 13 heavy (non-hydrogen) atoms.